The summed E-state index contributed by atoms with van der Waals surface area (Å²) in [5.41, 5.74) is 2.29. The number of amides is 1. The number of carbonyl (C=O) groups excluding carboxylic acids is 1. The van der Waals surface area contributed by atoms with Gasteiger partial charge in [0.1, 0.15) is 5.75 Å². The Morgan fingerprint density at radius 2 is 1.75 bits per heavy atom. The van der Waals surface area contributed by atoms with Crippen LogP contribution in [0, 0.1) is 0 Å². The highest BCUT2D eigenvalue weighted by atomic mass is 127. The van der Waals surface area contributed by atoms with Crippen LogP contribution in [0.15, 0.2) is 59.6 Å². The van der Waals surface area contributed by atoms with E-state index in [1.54, 1.807) is 26.1 Å². The van der Waals surface area contributed by atoms with Crippen molar-refractivity contribution in [1.29, 1.82) is 0 Å². The van der Waals surface area contributed by atoms with Crippen molar-refractivity contribution in [3.8, 4) is 5.75 Å². The smallest absolute Gasteiger partial charge is 0.241 e. The molecule has 152 valence electrons. The van der Waals surface area contributed by atoms with Crippen LogP contribution in [0.25, 0.3) is 0 Å². The molecule has 0 bridgehead atoms. The van der Waals surface area contributed by atoms with Crippen molar-refractivity contribution in [2.75, 3.05) is 34.3 Å². The Kier molecular flexibility index (Phi) is 11.0. The zero-order valence-electron chi connectivity index (χ0n) is 16.6. The molecule has 2 aromatic carbocycles. The molecule has 0 atom stereocenters. The number of nitrogens with one attached hydrogen (secondary N) is 2. The molecular weight excluding hydrogens is 467 g/mol. The van der Waals surface area contributed by atoms with Gasteiger partial charge in [-0.15, -0.1) is 24.0 Å². The van der Waals surface area contributed by atoms with E-state index in [4.69, 9.17) is 4.74 Å². The Labute approximate surface area is 184 Å². The summed E-state index contributed by atoms with van der Waals surface area (Å²) in [6.45, 7) is 1.42. The first kappa shape index (κ1) is 23.7. The molecule has 0 saturated carbocycles. The van der Waals surface area contributed by atoms with E-state index in [2.05, 4.69) is 27.8 Å². The Morgan fingerprint density at radius 1 is 1.04 bits per heavy atom. The summed E-state index contributed by atoms with van der Waals surface area (Å²) >= 11 is 0. The number of hydrogen-bond acceptors (Lipinski definition) is 3. The zero-order valence-corrected chi connectivity index (χ0v) is 19.0. The number of ether oxygens (including phenoxy) is 1. The van der Waals surface area contributed by atoms with E-state index in [0.717, 1.165) is 24.3 Å². The number of aliphatic imine (C=N–C) groups is 1. The number of rotatable bonds is 8. The lowest BCUT2D eigenvalue weighted by Gasteiger charge is -2.15. The fraction of sp³-hybridized carbons (Fsp3) is 0.333. The number of carbonyl (C=O) groups is 1. The van der Waals surface area contributed by atoms with Crippen molar-refractivity contribution in [3.63, 3.8) is 0 Å². The average Bonchev–Trinajstić information content (AvgIpc) is 2.70. The highest BCUT2D eigenvalue weighted by Crippen LogP contribution is 2.13. The van der Waals surface area contributed by atoms with E-state index < -0.39 is 0 Å². The summed E-state index contributed by atoms with van der Waals surface area (Å²) in [6, 6.07) is 18.0. The highest BCUT2D eigenvalue weighted by Gasteiger charge is 2.06. The zero-order chi connectivity index (χ0) is 19.5. The number of benzene rings is 2. The predicted octanol–water partition coefficient (Wildman–Crippen LogP) is 2.68. The minimum Gasteiger partial charge on any atom is -0.497 e. The first-order valence-corrected chi connectivity index (χ1v) is 8.97. The quantitative estimate of drug-likeness (QED) is 0.335. The Hall–Kier alpha value is -2.29. The van der Waals surface area contributed by atoms with Gasteiger partial charge in [0.2, 0.25) is 5.91 Å². The number of guanidine groups is 1. The third-order valence-electron chi connectivity index (χ3n) is 4.01. The predicted molar refractivity (Wildman–Crippen MR) is 124 cm³/mol. The lowest BCUT2D eigenvalue weighted by molar-refractivity contribution is -0.127. The van der Waals surface area contributed by atoms with Crippen molar-refractivity contribution in [2.24, 2.45) is 4.99 Å². The standard InChI is InChI=1S/C21H28N4O2.HI/c1-25(2)20(26)16-24-21(22-13-12-17-8-5-4-6-9-17)23-15-18-10-7-11-19(14-18)27-3;/h4-11,14H,12-13,15-16H2,1-3H3,(H2,22,23,24);1H. The Morgan fingerprint density at radius 3 is 2.43 bits per heavy atom. The van der Waals surface area contributed by atoms with Crippen molar-refractivity contribution >= 4 is 35.8 Å². The fourth-order valence-corrected chi connectivity index (χ4v) is 2.40. The molecule has 1 amide bonds. The largest absolute Gasteiger partial charge is 0.497 e. The van der Waals surface area contributed by atoms with Gasteiger partial charge in [0, 0.05) is 20.6 Å². The van der Waals surface area contributed by atoms with Crippen molar-refractivity contribution in [2.45, 2.75) is 13.0 Å². The second kappa shape index (κ2) is 13.0. The van der Waals surface area contributed by atoms with Gasteiger partial charge in [-0.1, -0.05) is 42.5 Å². The van der Waals surface area contributed by atoms with E-state index in [9.17, 15) is 4.79 Å². The normalized spacial score (nSPS) is 10.6. The summed E-state index contributed by atoms with van der Waals surface area (Å²) in [5, 5.41) is 6.40. The first-order valence-electron chi connectivity index (χ1n) is 8.97. The van der Waals surface area contributed by atoms with Gasteiger partial charge in [0.15, 0.2) is 5.96 Å². The molecule has 0 fully saturated rings. The maximum atomic E-state index is 11.9. The van der Waals surface area contributed by atoms with E-state index in [1.807, 2.05) is 42.5 Å². The molecule has 0 spiro atoms. The average molecular weight is 496 g/mol. The van der Waals surface area contributed by atoms with Gasteiger partial charge in [-0.2, -0.15) is 0 Å². The molecule has 2 N–H and O–H groups in total. The molecule has 0 heterocycles. The highest BCUT2D eigenvalue weighted by molar-refractivity contribution is 14.0. The van der Waals surface area contributed by atoms with Crippen LogP contribution >= 0.6 is 24.0 Å². The van der Waals surface area contributed by atoms with Crippen molar-refractivity contribution in [1.82, 2.24) is 15.5 Å². The number of likely N-dealkylation sites (N-methyl/N-ethyl adjacent to an activating group) is 1. The summed E-state index contributed by atoms with van der Waals surface area (Å²) in [6.07, 6.45) is 0.877. The van der Waals surface area contributed by atoms with Gasteiger partial charge in [-0.25, -0.2) is 4.99 Å². The van der Waals surface area contributed by atoms with Gasteiger partial charge in [-0.3, -0.25) is 4.79 Å². The van der Waals surface area contributed by atoms with Crippen LogP contribution in [-0.2, 0) is 17.8 Å². The SMILES string of the molecule is COc1cccc(CN=C(NCCc2ccccc2)NCC(=O)N(C)C)c1.I. The number of halogens is 1. The van der Waals surface area contributed by atoms with Gasteiger partial charge in [0.05, 0.1) is 20.2 Å². The monoisotopic (exact) mass is 496 g/mol. The third-order valence-corrected chi connectivity index (χ3v) is 4.01. The van der Waals surface area contributed by atoms with E-state index >= 15 is 0 Å². The van der Waals surface area contributed by atoms with Crippen molar-refractivity contribution in [3.05, 3.63) is 65.7 Å². The molecule has 28 heavy (non-hydrogen) atoms. The topological polar surface area (TPSA) is 66.0 Å². The van der Waals surface area contributed by atoms with Crippen LogP contribution in [0.1, 0.15) is 11.1 Å². The Balaban J connectivity index is 0.00000392. The van der Waals surface area contributed by atoms with Crippen LogP contribution in [0.3, 0.4) is 0 Å². The van der Waals surface area contributed by atoms with E-state index in [0.29, 0.717) is 12.5 Å². The molecule has 0 aliphatic heterocycles. The second-order valence-electron chi connectivity index (χ2n) is 6.32. The summed E-state index contributed by atoms with van der Waals surface area (Å²) in [4.78, 5) is 18.0. The van der Waals surface area contributed by atoms with Gasteiger partial charge in [-0.05, 0) is 29.7 Å². The van der Waals surface area contributed by atoms with Crippen molar-refractivity contribution < 1.29 is 9.53 Å². The van der Waals surface area contributed by atoms with Crippen LogP contribution in [0.4, 0.5) is 0 Å². The van der Waals surface area contributed by atoms with E-state index in [-0.39, 0.29) is 36.4 Å². The number of nitrogens with zero attached hydrogens (tertiary/aromatic N) is 2. The molecule has 2 rings (SSSR count). The molecule has 0 aliphatic carbocycles. The number of methoxy groups -OCH3 is 1. The fourth-order valence-electron chi connectivity index (χ4n) is 2.40. The molecule has 6 nitrogen and oxygen atoms in total. The molecule has 7 heteroatoms. The maximum absolute atomic E-state index is 11.9. The lowest BCUT2D eigenvalue weighted by atomic mass is 10.1. The molecule has 0 aliphatic rings. The second-order valence-corrected chi connectivity index (χ2v) is 6.32. The summed E-state index contributed by atoms with van der Waals surface area (Å²) < 4.78 is 5.25. The van der Waals surface area contributed by atoms with Gasteiger partial charge < -0.3 is 20.3 Å². The Bertz CT molecular complexity index is 751. The summed E-state index contributed by atoms with van der Waals surface area (Å²) in [5.74, 6) is 1.41. The van der Waals surface area contributed by atoms with Crippen LogP contribution < -0.4 is 15.4 Å². The number of hydrogen-bond donors (Lipinski definition) is 2. The molecule has 0 saturated heterocycles. The van der Waals surface area contributed by atoms with Gasteiger partial charge >= 0.3 is 0 Å². The lowest BCUT2D eigenvalue weighted by Crippen LogP contribution is -2.43. The van der Waals surface area contributed by atoms with E-state index in [1.165, 1.54) is 5.56 Å². The molecule has 0 aromatic heterocycles. The molecular formula is C21H29IN4O2. The summed E-state index contributed by atoms with van der Waals surface area (Å²) in [7, 11) is 5.12. The van der Waals surface area contributed by atoms with Crippen LogP contribution in [-0.4, -0.2) is 51.1 Å². The molecule has 0 radical (unpaired) electrons. The molecule has 0 unspecified atom stereocenters. The van der Waals surface area contributed by atoms with Gasteiger partial charge in [0.25, 0.3) is 0 Å². The maximum Gasteiger partial charge on any atom is 0.241 e. The minimum atomic E-state index is -0.00561. The van der Waals surface area contributed by atoms with Crippen LogP contribution in [0.5, 0.6) is 5.75 Å². The van der Waals surface area contributed by atoms with Crippen LogP contribution in [0.2, 0.25) is 0 Å². The first-order chi connectivity index (χ1) is 13.1. The molecule has 2 aromatic rings. The minimum absolute atomic E-state index is 0. The third kappa shape index (κ3) is 8.60.